The molecule has 0 aliphatic heterocycles. The van der Waals surface area contributed by atoms with Crippen LogP contribution in [0, 0.1) is 13.8 Å². The molecule has 0 amide bonds. The Hall–Kier alpha value is -0.901. The second-order valence-corrected chi connectivity index (χ2v) is 20.1. The van der Waals surface area contributed by atoms with E-state index in [1.807, 2.05) is 13.8 Å². The van der Waals surface area contributed by atoms with Crippen molar-refractivity contribution in [1.82, 2.24) is 9.97 Å². The summed E-state index contributed by atoms with van der Waals surface area (Å²) >= 11 is -2.08. The average Bonchev–Trinajstić information content (AvgIpc) is 2.27. The molecule has 0 saturated carbocycles. The Labute approximate surface area is 113 Å². The van der Waals surface area contributed by atoms with Crippen molar-refractivity contribution in [2.45, 2.75) is 28.7 Å². The van der Waals surface area contributed by atoms with Crippen LogP contribution in [-0.4, -0.2) is 28.3 Å². The Morgan fingerprint density at radius 1 is 0.889 bits per heavy atom. The van der Waals surface area contributed by atoms with Gasteiger partial charge in [0.1, 0.15) is 0 Å². The number of pyridine rings is 2. The summed E-state index contributed by atoms with van der Waals surface area (Å²) in [7, 11) is 0. The molecule has 2 rings (SSSR count). The first-order valence-corrected chi connectivity index (χ1v) is 16.3. The molecule has 2 aromatic heterocycles. The van der Waals surface area contributed by atoms with Crippen molar-refractivity contribution in [3.63, 3.8) is 0 Å². The number of hydrogen-bond acceptors (Lipinski definition) is 2. The fourth-order valence-corrected chi connectivity index (χ4v) is 5.00. The number of aryl methyl sites for hydroxylation is 2. The van der Waals surface area contributed by atoms with Gasteiger partial charge in [-0.25, -0.2) is 0 Å². The Morgan fingerprint density at radius 2 is 1.50 bits per heavy atom. The van der Waals surface area contributed by atoms with Crippen molar-refractivity contribution in [2.24, 2.45) is 0 Å². The second kappa shape index (κ2) is 5.00. The summed E-state index contributed by atoms with van der Waals surface area (Å²) in [6, 6.07) is 10.6. The Bertz CT molecular complexity index is 551. The van der Waals surface area contributed by atoms with Gasteiger partial charge in [-0.15, -0.1) is 0 Å². The molecular formula is C15H20N2Sn. The van der Waals surface area contributed by atoms with Crippen molar-refractivity contribution in [2.75, 3.05) is 0 Å². The minimum atomic E-state index is -2.08. The van der Waals surface area contributed by atoms with Crippen LogP contribution in [0.5, 0.6) is 0 Å². The molecule has 0 atom stereocenters. The predicted octanol–water partition coefficient (Wildman–Crippen LogP) is 3.31. The summed E-state index contributed by atoms with van der Waals surface area (Å²) in [5, 5.41) is 0. The van der Waals surface area contributed by atoms with Gasteiger partial charge in [-0.3, -0.25) is 0 Å². The van der Waals surface area contributed by atoms with Gasteiger partial charge in [0.05, 0.1) is 0 Å². The third-order valence-electron chi connectivity index (χ3n) is 2.89. The van der Waals surface area contributed by atoms with Crippen LogP contribution >= 0.6 is 0 Å². The van der Waals surface area contributed by atoms with Crippen LogP contribution in [0.2, 0.25) is 14.8 Å². The van der Waals surface area contributed by atoms with Gasteiger partial charge in [-0.2, -0.15) is 0 Å². The predicted molar refractivity (Wildman–Crippen MR) is 79.9 cm³/mol. The number of nitrogens with zero attached hydrogens (tertiary/aromatic N) is 2. The fraction of sp³-hybridized carbons (Fsp3) is 0.333. The van der Waals surface area contributed by atoms with Crippen molar-refractivity contribution in [3.8, 4) is 11.3 Å². The molecular weight excluding hydrogens is 327 g/mol. The van der Waals surface area contributed by atoms with Crippen molar-refractivity contribution < 1.29 is 0 Å². The normalized spacial score (nSPS) is 11.6. The fourth-order valence-electron chi connectivity index (χ4n) is 2.00. The number of rotatable bonds is 2. The van der Waals surface area contributed by atoms with Crippen LogP contribution in [0.4, 0.5) is 0 Å². The zero-order valence-electron chi connectivity index (χ0n) is 11.8. The van der Waals surface area contributed by atoms with E-state index in [4.69, 9.17) is 4.98 Å². The summed E-state index contributed by atoms with van der Waals surface area (Å²) in [5.74, 6) is 0. The molecule has 3 heteroatoms. The van der Waals surface area contributed by atoms with Crippen molar-refractivity contribution >= 4 is 22.1 Å². The van der Waals surface area contributed by atoms with E-state index >= 15 is 0 Å². The van der Waals surface area contributed by atoms with Gasteiger partial charge in [0.2, 0.25) is 0 Å². The maximum absolute atomic E-state index is 4.86. The molecule has 94 valence electrons. The van der Waals surface area contributed by atoms with Gasteiger partial charge in [-0.05, 0) is 0 Å². The van der Waals surface area contributed by atoms with Crippen LogP contribution in [0.1, 0.15) is 11.4 Å². The molecule has 0 aliphatic rings. The van der Waals surface area contributed by atoms with E-state index in [0.29, 0.717) is 0 Å². The van der Waals surface area contributed by atoms with Crippen molar-refractivity contribution in [1.29, 1.82) is 0 Å². The van der Waals surface area contributed by atoms with Gasteiger partial charge < -0.3 is 0 Å². The first kappa shape index (κ1) is 13.5. The number of aromatic nitrogens is 2. The summed E-state index contributed by atoms with van der Waals surface area (Å²) in [6.45, 7) is 4.06. The van der Waals surface area contributed by atoms with Crippen LogP contribution in [-0.2, 0) is 0 Å². The van der Waals surface area contributed by atoms with E-state index in [0.717, 1.165) is 17.1 Å². The molecule has 0 radical (unpaired) electrons. The zero-order chi connectivity index (χ0) is 13.3. The molecule has 2 aromatic rings. The first-order valence-electron chi connectivity index (χ1n) is 6.29. The molecule has 0 N–H and O–H groups in total. The summed E-state index contributed by atoms with van der Waals surface area (Å²) in [4.78, 5) is 16.5. The average molecular weight is 347 g/mol. The topological polar surface area (TPSA) is 25.8 Å². The van der Waals surface area contributed by atoms with E-state index < -0.39 is 18.4 Å². The standard InChI is InChI=1S/C12H11N2.3CH3.Sn/c1-9-7-11(8-10(2)14-9)12-5-3-4-6-13-12;;;;/h3-5,7-8H,1-2H3;3*1H3;. The molecule has 18 heavy (non-hydrogen) atoms. The second-order valence-electron chi connectivity index (χ2n) is 5.80. The number of hydrogen-bond donors (Lipinski definition) is 0. The third kappa shape index (κ3) is 3.10. The van der Waals surface area contributed by atoms with E-state index in [-0.39, 0.29) is 0 Å². The monoisotopic (exact) mass is 348 g/mol. The zero-order valence-corrected chi connectivity index (χ0v) is 14.6. The van der Waals surface area contributed by atoms with E-state index in [1.54, 1.807) is 0 Å². The van der Waals surface area contributed by atoms with Crippen molar-refractivity contribution in [3.05, 3.63) is 41.7 Å². The van der Waals surface area contributed by atoms with Gasteiger partial charge in [0.25, 0.3) is 0 Å². The van der Waals surface area contributed by atoms with Crippen LogP contribution in [0.3, 0.4) is 0 Å². The molecule has 0 bridgehead atoms. The molecule has 2 heterocycles. The molecule has 0 aromatic carbocycles. The molecule has 0 spiro atoms. The summed E-state index contributed by atoms with van der Waals surface area (Å²) in [5.41, 5.74) is 4.36. The summed E-state index contributed by atoms with van der Waals surface area (Å²) in [6.07, 6.45) is 0. The van der Waals surface area contributed by atoms with E-state index in [9.17, 15) is 0 Å². The van der Waals surface area contributed by atoms with Gasteiger partial charge in [-0.1, -0.05) is 0 Å². The first-order chi connectivity index (χ1) is 8.36. The Morgan fingerprint density at radius 3 is 2.06 bits per heavy atom. The van der Waals surface area contributed by atoms with Gasteiger partial charge >= 0.3 is 114 Å². The summed E-state index contributed by atoms with van der Waals surface area (Å²) < 4.78 is 1.33. The minimum absolute atomic E-state index is 1.05. The Balaban J connectivity index is 2.51. The van der Waals surface area contributed by atoms with Gasteiger partial charge in [0.15, 0.2) is 0 Å². The molecule has 0 aliphatic carbocycles. The van der Waals surface area contributed by atoms with Gasteiger partial charge in [0, 0.05) is 0 Å². The molecule has 0 saturated heterocycles. The van der Waals surface area contributed by atoms with E-state index in [1.165, 1.54) is 9.27 Å². The molecule has 0 fully saturated rings. The molecule has 0 unspecified atom stereocenters. The van der Waals surface area contributed by atoms with Crippen LogP contribution in [0.15, 0.2) is 30.3 Å². The SMILES string of the molecule is Cc1cc(-c2ccc[c]([Sn]([CH3])([CH3])[CH3])n2)cc(C)n1. The molecule has 2 nitrogen and oxygen atoms in total. The van der Waals surface area contributed by atoms with Crippen LogP contribution < -0.4 is 3.71 Å². The third-order valence-corrected chi connectivity index (χ3v) is 8.08. The maximum atomic E-state index is 4.86. The van der Waals surface area contributed by atoms with E-state index in [2.05, 4.69) is 50.1 Å². The quantitative estimate of drug-likeness (QED) is 0.779. The Kier molecular flexibility index (Phi) is 3.76. The van der Waals surface area contributed by atoms with Crippen LogP contribution in [0.25, 0.3) is 11.3 Å².